The van der Waals surface area contributed by atoms with Gasteiger partial charge in [0.25, 0.3) is 0 Å². The zero-order valence-corrected chi connectivity index (χ0v) is 11.1. The fourth-order valence-electron chi connectivity index (χ4n) is 0.942. The minimum absolute atomic E-state index is 0.161. The van der Waals surface area contributed by atoms with Crippen LogP contribution in [0.25, 0.3) is 0 Å². The van der Waals surface area contributed by atoms with E-state index in [0.717, 1.165) is 12.8 Å². The molecule has 1 N–H and O–H groups in total. The van der Waals surface area contributed by atoms with E-state index in [9.17, 15) is 4.79 Å². The molecule has 0 spiro atoms. The summed E-state index contributed by atoms with van der Waals surface area (Å²) < 4.78 is 0. The van der Waals surface area contributed by atoms with Gasteiger partial charge >= 0.3 is 0 Å². The molecule has 88 valence electrons. The maximum absolute atomic E-state index is 10.8. The van der Waals surface area contributed by atoms with E-state index in [1.165, 1.54) is 0 Å². The molecule has 0 saturated heterocycles. The Kier molecular flexibility index (Phi) is 25.0. The summed E-state index contributed by atoms with van der Waals surface area (Å²) in [5.74, 6) is 0.730. The predicted molar refractivity (Wildman–Crippen MR) is 65.5 cm³/mol. The molecule has 0 aliphatic carbocycles. The molecule has 0 fully saturated rings. The molecular weight excluding hydrogens is 174 g/mol. The van der Waals surface area contributed by atoms with Crippen LogP contribution in [0.3, 0.4) is 0 Å². The van der Waals surface area contributed by atoms with Crippen molar-refractivity contribution in [3.8, 4) is 0 Å². The Bertz CT molecular complexity index is 98.5. The number of hydrogen-bond acceptors (Lipinski definition) is 1. The first-order chi connectivity index (χ1) is 6.74. The van der Waals surface area contributed by atoms with E-state index in [1.807, 2.05) is 27.7 Å². The lowest BCUT2D eigenvalue weighted by Gasteiger charge is -2.09. The minimum Gasteiger partial charge on any atom is -0.359 e. The Balaban J connectivity index is -0.000000266. The van der Waals surface area contributed by atoms with Gasteiger partial charge in [0.05, 0.1) is 0 Å². The molecule has 1 amide bonds. The monoisotopic (exact) mass is 203 g/mol. The Morgan fingerprint density at radius 2 is 1.43 bits per heavy atom. The van der Waals surface area contributed by atoms with Gasteiger partial charge in [0.2, 0.25) is 5.91 Å². The fraction of sp³-hybridized carbons (Fsp3) is 0.917. The van der Waals surface area contributed by atoms with Crippen molar-refractivity contribution in [2.45, 2.75) is 60.8 Å². The van der Waals surface area contributed by atoms with Gasteiger partial charge in [0.1, 0.15) is 0 Å². The summed E-state index contributed by atoms with van der Waals surface area (Å²) in [5, 5.41) is 2.63. The first kappa shape index (κ1) is 19.1. The van der Waals surface area contributed by atoms with Crippen LogP contribution in [0.15, 0.2) is 0 Å². The van der Waals surface area contributed by atoms with E-state index in [0.29, 0.717) is 12.3 Å². The topological polar surface area (TPSA) is 29.1 Å². The molecule has 0 aliphatic heterocycles. The number of hydrogen-bond donors (Lipinski definition) is 1. The largest absolute Gasteiger partial charge is 0.359 e. The third-order valence-electron chi connectivity index (χ3n) is 1.91. The second kappa shape index (κ2) is 18.3. The molecule has 2 nitrogen and oxygen atoms in total. The highest BCUT2D eigenvalue weighted by Gasteiger charge is 2.07. The van der Waals surface area contributed by atoms with Crippen molar-refractivity contribution in [3.63, 3.8) is 0 Å². The van der Waals surface area contributed by atoms with Gasteiger partial charge in [-0.05, 0) is 5.92 Å². The van der Waals surface area contributed by atoms with Crippen LogP contribution in [-0.4, -0.2) is 13.0 Å². The Labute approximate surface area is 90.5 Å². The van der Waals surface area contributed by atoms with Crippen LogP contribution < -0.4 is 5.32 Å². The van der Waals surface area contributed by atoms with Crippen molar-refractivity contribution in [2.75, 3.05) is 7.05 Å². The van der Waals surface area contributed by atoms with Crippen LogP contribution in [0.4, 0.5) is 0 Å². The molecule has 0 radical (unpaired) electrons. The second-order valence-corrected chi connectivity index (χ2v) is 2.56. The summed E-state index contributed by atoms with van der Waals surface area (Å²) in [6.07, 6.45) is 2.89. The minimum atomic E-state index is 0.161. The standard InChI is InChI=1S/C8H17NO.2C2H6/c1-4-7(5-2)6-8(10)9-3;2*1-2/h7H,4-6H2,1-3H3,(H,9,10);2*1-2H3. The Morgan fingerprint density at radius 3 is 1.64 bits per heavy atom. The average molecular weight is 203 g/mol. The van der Waals surface area contributed by atoms with Gasteiger partial charge < -0.3 is 5.32 Å². The van der Waals surface area contributed by atoms with Gasteiger partial charge in [-0.1, -0.05) is 54.4 Å². The lowest BCUT2D eigenvalue weighted by atomic mass is 9.99. The number of rotatable bonds is 4. The highest BCUT2D eigenvalue weighted by Crippen LogP contribution is 2.11. The van der Waals surface area contributed by atoms with Crippen molar-refractivity contribution < 1.29 is 4.79 Å². The molecule has 0 aliphatic rings. The predicted octanol–water partition coefficient (Wildman–Crippen LogP) is 3.61. The second-order valence-electron chi connectivity index (χ2n) is 2.56. The van der Waals surface area contributed by atoms with Crippen LogP contribution in [0.1, 0.15) is 60.8 Å². The Morgan fingerprint density at radius 1 is 1.07 bits per heavy atom. The molecule has 0 aromatic heterocycles. The normalized spacial score (nSPS) is 8.00. The van der Waals surface area contributed by atoms with Gasteiger partial charge in [0, 0.05) is 13.5 Å². The lowest BCUT2D eigenvalue weighted by molar-refractivity contribution is -0.121. The highest BCUT2D eigenvalue weighted by molar-refractivity contribution is 5.75. The average Bonchev–Trinajstić information content (AvgIpc) is 2.30. The summed E-state index contributed by atoms with van der Waals surface area (Å²) >= 11 is 0. The molecule has 2 heteroatoms. The molecular formula is C12H29NO. The van der Waals surface area contributed by atoms with Gasteiger partial charge in [-0.3, -0.25) is 4.79 Å². The summed E-state index contributed by atoms with van der Waals surface area (Å²) in [7, 11) is 1.69. The highest BCUT2D eigenvalue weighted by atomic mass is 16.1. The third-order valence-corrected chi connectivity index (χ3v) is 1.91. The molecule has 0 saturated carbocycles. The van der Waals surface area contributed by atoms with E-state index < -0.39 is 0 Å². The maximum atomic E-state index is 10.8. The summed E-state index contributed by atoms with van der Waals surface area (Å²) in [4.78, 5) is 10.8. The van der Waals surface area contributed by atoms with Gasteiger partial charge in [-0.15, -0.1) is 0 Å². The molecule has 0 atom stereocenters. The SMILES string of the molecule is CC.CC.CCC(CC)CC(=O)NC. The summed E-state index contributed by atoms with van der Waals surface area (Å²) in [5.41, 5.74) is 0. The van der Waals surface area contributed by atoms with E-state index in [2.05, 4.69) is 19.2 Å². The van der Waals surface area contributed by atoms with Crippen molar-refractivity contribution in [3.05, 3.63) is 0 Å². The lowest BCUT2D eigenvalue weighted by Crippen LogP contribution is -2.20. The van der Waals surface area contributed by atoms with E-state index in [1.54, 1.807) is 7.05 Å². The van der Waals surface area contributed by atoms with Crippen molar-refractivity contribution >= 4 is 5.91 Å². The Hall–Kier alpha value is -0.530. The summed E-state index contributed by atoms with van der Waals surface area (Å²) in [6, 6.07) is 0. The number of carbonyl (C=O) groups is 1. The zero-order valence-electron chi connectivity index (χ0n) is 11.1. The molecule has 0 bridgehead atoms. The third kappa shape index (κ3) is 14.0. The van der Waals surface area contributed by atoms with Gasteiger partial charge in [0.15, 0.2) is 0 Å². The molecule has 0 aromatic rings. The van der Waals surface area contributed by atoms with Crippen LogP contribution >= 0.6 is 0 Å². The van der Waals surface area contributed by atoms with Crippen molar-refractivity contribution in [1.82, 2.24) is 5.32 Å². The number of amides is 1. The van der Waals surface area contributed by atoms with Gasteiger partial charge in [-0.2, -0.15) is 0 Å². The summed E-state index contributed by atoms with van der Waals surface area (Å²) in [6.45, 7) is 12.2. The molecule has 0 heterocycles. The van der Waals surface area contributed by atoms with E-state index >= 15 is 0 Å². The molecule has 14 heavy (non-hydrogen) atoms. The van der Waals surface area contributed by atoms with Crippen LogP contribution in [0.2, 0.25) is 0 Å². The van der Waals surface area contributed by atoms with Crippen LogP contribution in [0, 0.1) is 5.92 Å². The number of carbonyl (C=O) groups excluding carboxylic acids is 1. The van der Waals surface area contributed by atoms with Crippen LogP contribution in [-0.2, 0) is 4.79 Å². The van der Waals surface area contributed by atoms with E-state index in [4.69, 9.17) is 0 Å². The quantitative estimate of drug-likeness (QED) is 0.743. The zero-order chi connectivity index (χ0) is 12.0. The van der Waals surface area contributed by atoms with Crippen molar-refractivity contribution in [1.29, 1.82) is 0 Å². The first-order valence-corrected chi connectivity index (χ1v) is 5.95. The van der Waals surface area contributed by atoms with Crippen LogP contribution in [0.5, 0.6) is 0 Å². The smallest absolute Gasteiger partial charge is 0.220 e. The number of nitrogens with one attached hydrogen (secondary N) is 1. The fourth-order valence-corrected chi connectivity index (χ4v) is 0.942. The maximum Gasteiger partial charge on any atom is 0.220 e. The van der Waals surface area contributed by atoms with Gasteiger partial charge in [-0.25, -0.2) is 0 Å². The van der Waals surface area contributed by atoms with E-state index in [-0.39, 0.29) is 5.91 Å². The first-order valence-electron chi connectivity index (χ1n) is 5.95. The molecule has 0 unspecified atom stereocenters. The molecule has 0 aromatic carbocycles. The van der Waals surface area contributed by atoms with Crippen molar-refractivity contribution in [2.24, 2.45) is 5.92 Å². The molecule has 0 rings (SSSR count).